The summed E-state index contributed by atoms with van der Waals surface area (Å²) in [4.78, 5) is 28.8. The number of hydrogen-bond donors (Lipinski definition) is 1. The minimum Gasteiger partial charge on any atom is -0.493 e. The van der Waals surface area contributed by atoms with Gasteiger partial charge in [-0.05, 0) is 36.7 Å². The predicted octanol–water partition coefficient (Wildman–Crippen LogP) is 2.10. The lowest BCUT2D eigenvalue weighted by Gasteiger charge is -2.26. The van der Waals surface area contributed by atoms with Gasteiger partial charge in [-0.3, -0.25) is 9.69 Å². The molecule has 1 unspecified atom stereocenters. The number of allylic oxidation sites excluding steroid dienone is 1. The lowest BCUT2D eigenvalue weighted by atomic mass is 10.0. The van der Waals surface area contributed by atoms with Crippen LogP contribution in [-0.4, -0.2) is 92.9 Å². The van der Waals surface area contributed by atoms with E-state index >= 15 is 0 Å². The number of hydrogen-bond acceptors (Lipinski definition) is 7. The molecule has 0 spiro atoms. The average Bonchev–Trinajstić information content (AvgIpc) is 2.89. The minimum absolute atomic E-state index is 0.0398. The molecule has 8 nitrogen and oxygen atoms in total. The molecule has 2 amide bonds. The molecule has 1 atom stereocenters. The van der Waals surface area contributed by atoms with Gasteiger partial charge in [0.2, 0.25) is 5.71 Å². The molecule has 0 saturated carbocycles. The Labute approximate surface area is 210 Å². The highest BCUT2D eigenvalue weighted by Crippen LogP contribution is 2.35. The molecule has 0 bridgehead atoms. The highest BCUT2D eigenvalue weighted by Gasteiger charge is 2.38. The van der Waals surface area contributed by atoms with E-state index in [1.165, 1.54) is 11.8 Å². The molecule has 1 aromatic carbocycles. The van der Waals surface area contributed by atoms with Crippen LogP contribution in [0, 0.1) is 0 Å². The first-order valence-electron chi connectivity index (χ1n) is 11.7. The van der Waals surface area contributed by atoms with Crippen molar-refractivity contribution in [1.29, 1.82) is 0 Å². The van der Waals surface area contributed by atoms with Crippen molar-refractivity contribution in [3.05, 3.63) is 52.5 Å². The van der Waals surface area contributed by atoms with Crippen molar-refractivity contribution in [2.75, 3.05) is 60.7 Å². The molecule has 3 aliphatic rings. The zero-order chi connectivity index (χ0) is 24.8. The number of thioether (sulfide) groups is 1. The fourth-order valence-corrected chi connectivity index (χ4v) is 5.42. The molecule has 1 fully saturated rings. The van der Waals surface area contributed by atoms with Crippen LogP contribution in [-0.2, 0) is 14.3 Å². The molecule has 0 aromatic heterocycles. The van der Waals surface area contributed by atoms with Gasteiger partial charge in [-0.15, -0.1) is 0 Å². The largest absolute Gasteiger partial charge is 0.493 e. The number of methoxy groups -OCH3 is 2. The molecule has 9 heteroatoms. The minimum atomic E-state index is -0.119. The van der Waals surface area contributed by atoms with Crippen molar-refractivity contribution < 1.29 is 28.4 Å². The third-order valence-electron chi connectivity index (χ3n) is 6.21. The molecule has 1 saturated heterocycles. The van der Waals surface area contributed by atoms with E-state index in [4.69, 9.17) is 14.2 Å². The van der Waals surface area contributed by atoms with Gasteiger partial charge in [-0.1, -0.05) is 30.0 Å². The summed E-state index contributed by atoms with van der Waals surface area (Å²) in [5.74, 6) is 1.02. The number of likely N-dealkylation sites (N-methyl/N-ethyl adjacent to an activating group) is 1. The Balaban J connectivity index is 1.41. The summed E-state index contributed by atoms with van der Waals surface area (Å²) in [6.45, 7) is 5.01. The van der Waals surface area contributed by atoms with E-state index in [1.54, 1.807) is 25.8 Å². The van der Waals surface area contributed by atoms with Crippen molar-refractivity contribution in [3.63, 3.8) is 0 Å². The van der Waals surface area contributed by atoms with Gasteiger partial charge in [-0.25, -0.2) is 4.79 Å². The molecular weight excluding hydrogens is 466 g/mol. The van der Waals surface area contributed by atoms with Crippen LogP contribution < -0.4 is 14.8 Å². The Morgan fingerprint density at radius 3 is 2.77 bits per heavy atom. The molecule has 2 heterocycles. The maximum Gasteiger partial charge on any atom is 0.425 e. The van der Waals surface area contributed by atoms with Crippen LogP contribution in [0.25, 0.3) is 6.08 Å². The first-order chi connectivity index (χ1) is 17.0. The van der Waals surface area contributed by atoms with Crippen molar-refractivity contribution >= 4 is 35.4 Å². The Bertz CT molecular complexity index is 1100. The zero-order valence-corrected chi connectivity index (χ0v) is 21.2. The molecule has 1 aromatic rings. The van der Waals surface area contributed by atoms with Crippen molar-refractivity contribution in [2.24, 2.45) is 0 Å². The third-order valence-corrected chi connectivity index (χ3v) is 7.41. The summed E-state index contributed by atoms with van der Waals surface area (Å²) in [5, 5.41) is 2.96. The average molecular weight is 499 g/mol. The standard InChI is InChI=1S/C26H31N3O5S/c1-28-20-17-19(25(30)27-9-4-10-29-11-13-34-14-12-29)6-8-23(20)35-24(26(28)31)16-18-5-7-21(32-2)22(15-18)33-3/h5-8,15-17,23H,4,9-14H2,1-3H3/p+1/b24-16-. The van der Waals surface area contributed by atoms with E-state index in [2.05, 4.69) is 10.2 Å². The summed E-state index contributed by atoms with van der Waals surface area (Å²) in [5.41, 5.74) is 2.23. The number of nitrogens with zero attached hydrogens (tertiary/aromatic N) is 2. The molecule has 186 valence electrons. The Kier molecular flexibility index (Phi) is 8.43. The van der Waals surface area contributed by atoms with Gasteiger partial charge >= 0.3 is 5.91 Å². The second-order valence-electron chi connectivity index (χ2n) is 8.47. The fraction of sp³-hybridized carbons (Fsp3) is 0.423. The van der Waals surface area contributed by atoms with Crippen LogP contribution >= 0.6 is 11.8 Å². The molecule has 35 heavy (non-hydrogen) atoms. The van der Waals surface area contributed by atoms with Crippen LogP contribution in [0.5, 0.6) is 11.5 Å². The Morgan fingerprint density at radius 2 is 2.03 bits per heavy atom. The molecule has 0 radical (unpaired) electrons. The van der Waals surface area contributed by atoms with E-state index in [1.807, 2.05) is 42.5 Å². The van der Waals surface area contributed by atoms with Gasteiger partial charge in [0.25, 0.3) is 5.91 Å². The smallest absolute Gasteiger partial charge is 0.425 e. The number of morpholine rings is 1. The normalized spacial score (nSPS) is 21.6. The number of carbonyl (C=O) groups is 2. The maximum absolute atomic E-state index is 13.1. The van der Waals surface area contributed by atoms with E-state index in [0.29, 0.717) is 28.5 Å². The van der Waals surface area contributed by atoms with E-state index in [-0.39, 0.29) is 17.1 Å². The van der Waals surface area contributed by atoms with Gasteiger partial charge in [0, 0.05) is 31.3 Å². The quantitative estimate of drug-likeness (QED) is 0.334. The van der Waals surface area contributed by atoms with Crippen LogP contribution in [0.3, 0.4) is 0 Å². The SMILES string of the molecule is COc1ccc(/C=C2\SC3C=CC(C(=O)NCCCN4CCOCC4)=CC3=[N+](C)C2=O)cc1OC. The summed E-state index contributed by atoms with van der Waals surface area (Å²) in [7, 11) is 4.92. The summed E-state index contributed by atoms with van der Waals surface area (Å²) in [6.07, 6.45) is 8.39. The highest BCUT2D eigenvalue weighted by molar-refractivity contribution is 8.05. The van der Waals surface area contributed by atoms with Gasteiger partial charge in [0.15, 0.2) is 11.5 Å². The first kappa shape index (κ1) is 25.2. The van der Waals surface area contributed by atoms with Crippen molar-refractivity contribution in [2.45, 2.75) is 11.7 Å². The topological polar surface area (TPSA) is 80.1 Å². The number of carbonyl (C=O) groups excluding carboxylic acids is 2. The third kappa shape index (κ3) is 6.04. The zero-order valence-electron chi connectivity index (χ0n) is 20.4. The highest BCUT2D eigenvalue weighted by atomic mass is 32.2. The van der Waals surface area contributed by atoms with Crippen molar-refractivity contribution in [1.82, 2.24) is 10.2 Å². The van der Waals surface area contributed by atoms with E-state index in [0.717, 1.165) is 50.5 Å². The molecule has 1 N–H and O–H groups in total. The second-order valence-corrected chi connectivity index (χ2v) is 9.66. The number of fused-ring (bicyclic) bond motifs is 1. The van der Waals surface area contributed by atoms with Crippen LogP contribution in [0.1, 0.15) is 12.0 Å². The van der Waals surface area contributed by atoms with Crippen LogP contribution in [0.4, 0.5) is 0 Å². The Morgan fingerprint density at radius 1 is 1.26 bits per heavy atom. The molecular formula is C26H32N3O5S+. The summed E-state index contributed by atoms with van der Waals surface area (Å²) < 4.78 is 17.7. The van der Waals surface area contributed by atoms with Gasteiger partial charge in [0.05, 0.1) is 27.4 Å². The van der Waals surface area contributed by atoms with Gasteiger partial charge in [0.1, 0.15) is 17.2 Å². The summed E-state index contributed by atoms with van der Waals surface area (Å²) in [6, 6.07) is 5.55. The maximum atomic E-state index is 13.1. The van der Waals surface area contributed by atoms with Crippen LogP contribution in [0.15, 0.2) is 46.9 Å². The van der Waals surface area contributed by atoms with E-state index < -0.39 is 0 Å². The number of amides is 2. The monoisotopic (exact) mass is 498 g/mol. The number of rotatable bonds is 8. The molecule has 2 aliphatic heterocycles. The van der Waals surface area contributed by atoms with E-state index in [9.17, 15) is 9.59 Å². The van der Waals surface area contributed by atoms with Crippen LogP contribution in [0.2, 0.25) is 0 Å². The Hall–Kier alpha value is -2.88. The number of ether oxygens (including phenoxy) is 3. The molecule has 4 rings (SSSR count). The molecule has 1 aliphatic carbocycles. The lowest BCUT2D eigenvalue weighted by molar-refractivity contribution is -0.413. The second kappa shape index (κ2) is 11.7. The van der Waals surface area contributed by atoms with Crippen molar-refractivity contribution in [3.8, 4) is 11.5 Å². The van der Waals surface area contributed by atoms with Gasteiger partial charge in [-0.2, -0.15) is 4.58 Å². The first-order valence-corrected chi connectivity index (χ1v) is 12.6. The van der Waals surface area contributed by atoms with Gasteiger partial charge < -0.3 is 19.5 Å². The number of nitrogens with one attached hydrogen (secondary N) is 1. The fourth-order valence-electron chi connectivity index (χ4n) is 4.20. The lowest BCUT2D eigenvalue weighted by Crippen LogP contribution is -2.39. The predicted molar refractivity (Wildman–Crippen MR) is 137 cm³/mol. The number of benzene rings is 1. The summed E-state index contributed by atoms with van der Waals surface area (Å²) >= 11 is 1.48.